The molecule has 0 N–H and O–H groups in total. The van der Waals surface area contributed by atoms with Gasteiger partial charge in [-0.05, 0) is 46.8 Å². The summed E-state index contributed by atoms with van der Waals surface area (Å²) < 4.78 is 27.2. The molecule has 4 heteroatoms. The highest BCUT2D eigenvalue weighted by Crippen LogP contribution is 2.39. The molecular weight excluding hydrogens is 278 g/mol. The first-order chi connectivity index (χ1) is 7.52. The third-order valence-electron chi connectivity index (χ3n) is 3.03. The van der Waals surface area contributed by atoms with Gasteiger partial charge >= 0.3 is 0 Å². The molecule has 1 saturated carbocycles. The molecule has 1 aromatic carbocycles. The number of benzene rings is 1. The molecule has 1 fully saturated rings. The highest BCUT2D eigenvalue weighted by molar-refractivity contribution is 9.10. The maximum Gasteiger partial charge on any atom is 0.171 e. The van der Waals surface area contributed by atoms with Crippen molar-refractivity contribution >= 4 is 21.7 Å². The monoisotopic (exact) mass is 288 g/mol. The molecule has 16 heavy (non-hydrogen) atoms. The van der Waals surface area contributed by atoms with Crippen molar-refractivity contribution in [3.8, 4) is 0 Å². The number of carbonyl (C=O) groups is 1. The highest BCUT2D eigenvalue weighted by atomic mass is 79.9. The molecule has 0 radical (unpaired) electrons. The van der Waals surface area contributed by atoms with E-state index >= 15 is 0 Å². The number of carbonyl (C=O) groups excluding carboxylic acids is 1. The lowest BCUT2D eigenvalue weighted by Gasteiger charge is -2.11. The van der Waals surface area contributed by atoms with Crippen LogP contribution >= 0.6 is 15.9 Å². The van der Waals surface area contributed by atoms with Crippen LogP contribution in [0.5, 0.6) is 0 Å². The van der Waals surface area contributed by atoms with Crippen LogP contribution < -0.4 is 0 Å². The summed E-state index contributed by atoms with van der Waals surface area (Å²) in [4.78, 5) is 11.9. The summed E-state index contributed by atoms with van der Waals surface area (Å²) in [5.74, 6) is -2.00. The lowest BCUT2D eigenvalue weighted by Crippen LogP contribution is -2.17. The van der Waals surface area contributed by atoms with Gasteiger partial charge in [-0.25, -0.2) is 8.78 Å². The van der Waals surface area contributed by atoms with E-state index in [4.69, 9.17) is 0 Å². The van der Waals surface area contributed by atoms with Crippen LogP contribution in [0.15, 0.2) is 16.6 Å². The molecule has 1 aliphatic carbocycles. The average Bonchev–Trinajstić information content (AvgIpc) is 3.06. The molecule has 1 aromatic rings. The van der Waals surface area contributed by atoms with Crippen LogP contribution in [0.25, 0.3) is 0 Å². The minimum Gasteiger partial charge on any atom is -0.294 e. The first kappa shape index (κ1) is 11.7. The molecular formula is C12H11BrF2O. The van der Waals surface area contributed by atoms with Crippen molar-refractivity contribution < 1.29 is 13.6 Å². The summed E-state index contributed by atoms with van der Waals surface area (Å²) in [5, 5.41) is 0. The van der Waals surface area contributed by atoms with E-state index < -0.39 is 23.0 Å². The molecule has 0 bridgehead atoms. The van der Waals surface area contributed by atoms with E-state index in [1.165, 1.54) is 6.07 Å². The summed E-state index contributed by atoms with van der Waals surface area (Å²) >= 11 is 2.96. The summed E-state index contributed by atoms with van der Waals surface area (Å²) in [6.07, 6.45) is 1.95. The van der Waals surface area contributed by atoms with Gasteiger partial charge in [-0.2, -0.15) is 0 Å². The number of ketones is 1. The molecule has 0 spiro atoms. The van der Waals surface area contributed by atoms with Crippen molar-refractivity contribution in [1.82, 2.24) is 0 Å². The normalized spacial score (nSPS) is 17.2. The zero-order chi connectivity index (χ0) is 11.9. The Morgan fingerprint density at radius 1 is 1.44 bits per heavy atom. The molecule has 1 aliphatic rings. The predicted molar refractivity (Wildman–Crippen MR) is 60.3 cm³/mol. The van der Waals surface area contributed by atoms with E-state index in [0.29, 0.717) is 5.92 Å². The summed E-state index contributed by atoms with van der Waals surface area (Å²) in [6.45, 7) is 1.74. The van der Waals surface area contributed by atoms with E-state index in [1.807, 2.05) is 0 Å². The zero-order valence-corrected chi connectivity index (χ0v) is 10.4. The van der Waals surface area contributed by atoms with Crippen LogP contribution in [0.4, 0.5) is 8.78 Å². The van der Waals surface area contributed by atoms with Gasteiger partial charge in [-0.1, -0.05) is 6.92 Å². The van der Waals surface area contributed by atoms with E-state index in [1.54, 1.807) is 6.92 Å². The van der Waals surface area contributed by atoms with Gasteiger partial charge in [0.2, 0.25) is 0 Å². The fourth-order valence-corrected chi connectivity index (χ4v) is 2.12. The maximum atomic E-state index is 13.6. The molecule has 2 rings (SSSR count). The maximum absolute atomic E-state index is 13.6. The molecule has 0 amide bonds. The minimum atomic E-state index is -0.794. The lowest BCUT2D eigenvalue weighted by molar-refractivity contribution is 0.0907. The Balaban J connectivity index is 2.38. The topological polar surface area (TPSA) is 17.1 Å². The molecule has 0 aliphatic heterocycles. The van der Waals surface area contributed by atoms with Gasteiger partial charge in [-0.15, -0.1) is 0 Å². The van der Waals surface area contributed by atoms with Crippen molar-refractivity contribution in [3.63, 3.8) is 0 Å². The van der Waals surface area contributed by atoms with Gasteiger partial charge in [0, 0.05) is 5.92 Å². The quantitative estimate of drug-likeness (QED) is 0.608. The summed E-state index contributed by atoms with van der Waals surface area (Å²) in [5.41, 5.74) is -0.409. The Morgan fingerprint density at radius 2 is 2.06 bits per heavy atom. The number of hydrogen-bond donors (Lipinski definition) is 0. The van der Waals surface area contributed by atoms with Crippen LogP contribution in [0.3, 0.4) is 0 Å². The number of Topliss-reactive ketones (excluding diaryl/α,β-unsaturated/α-hetero) is 1. The molecule has 1 atom stereocenters. The van der Waals surface area contributed by atoms with Gasteiger partial charge in [0.05, 0.1) is 10.0 Å². The standard InChI is InChI=1S/C12H11BrF2O/c1-6(7-2-3-7)12(16)10-9(14)5-4-8(13)11(10)15/h4-7H,2-3H2,1H3. The minimum absolute atomic E-state index is 0.125. The third-order valence-corrected chi connectivity index (χ3v) is 3.65. The number of hydrogen-bond acceptors (Lipinski definition) is 1. The van der Waals surface area contributed by atoms with Gasteiger partial charge in [-0.3, -0.25) is 4.79 Å². The second kappa shape index (κ2) is 4.24. The van der Waals surface area contributed by atoms with Crippen molar-refractivity contribution in [1.29, 1.82) is 0 Å². The van der Waals surface area contributed by atoms with Crippen molar-refractivity contribution in [3.05, 3.63) is 33.8 Å². The molecule has 0 aromatic heterocycles. The molecule has 1 unspecified atom stereocenters. The second-order valence-corrected chi connectivity index (χ2v) is 5.06. The molecule has 1 nitrogen and oxygen atoms in total. The largest absolute Gasteiger partial charge is 0.294 e. The van der Waals surface area contributed by atoms with E-state index in [9.17, 15) is 13.6 Å². The Bertz CT molecular complexity index is 441. The summed E-state index contributed by atoms with van der Waals surface area (Å²) in [6, 6.07) is 2.38. The lowest BCUT2D eigenvalue weighted by atomic mass is 9.94. The van der Waals surface area contributed by atoms with Crippen LogP contribution in [-0.4, -0.2) is 5.78 Å². The fraction of sp³-hybridized carbons (Fsp3) is 0.417. The van der Waals surface area contributed by atoms with Crippen LogP contribution in [0.1, 0.15) is 30.1 Å². The zero-order valence-electron chi connectivity index (χ0n) is 8.77. The predicted octanol–water partition coefficient (Wildman–Crippen LogP) is 3.96. The Labute approximate surface area is 101 Å². The Hall–Kier alpha value is -0.770. The number of halogens is 3. The second-order valence-electron chi connectivity index (χ2n) is 4.21. The molecule has 0 saturated heterocycles. The third kappa shape index (κ3) is 2.03. The van der Waals surface area contributed by atoms with Crippen LogP contribution in [0.2, 0.25) is 0 Å². The van der Waals surface area contributed by atoms with Gasteiger partial charge in [0.15, 0.2) is 11.6 Å². The SMILES string of the molecule is CC(C(=O)c1c(F)ccc(Br)c1F)C1CC1. The first-order valence-corrected chi connectivity index (χ1v) is 5.99. The van der Waals surface area contributed by atoms with Gasteiger partial charge in [0.25, 0.3) is 0 Å². The molecule has 0 heterocycles. The fourth-order valence-electron chi connectivity index (χ4n) is 1.79. The van der Waals surface area contributed by atoms with Crippen LogP contribution in [-0.2, 0) is 0 Å². The smallest absolute Gasteiger partial charge is 0.171 e. The van der Waals surface area contributed by atoms with Crippen LogP contribution in [0, 0.1) is 23.5 Å². The first-order valence-electron chi connectivity index (χ1n) is 5.20. The van der Waals surface area contributed by atoms with Crippen molar-refractivity contribution in [2.75, 3.05) is 0 Å². The molecule has 86 valence electrons. The Kier molecular flexibility index (Phi) is 3.10. The number of rotatable bonds is 3. The summed E-state index contributed by atoms with van der Waals surface area (Å²) in [7, 11) is 0. The van der Waals surface area contributed by atoms with E-state index in [0.717, 1.165) is 18.9 Å². The Morgan fingerprint density at radius 3 is 2.62 bits per heavy atom. The van der Waals surface area contributed by atoms with E-state index in [2.05, 4.69) is 15.9 Å². The average molecular weight is 289 g/mol. The van der Waals surface area contributed by atoms with Gasteiger partial charge < -0.3 is 0 Å². The van der Waals surface area contributed by atoms with Crippen molar-refractivity contribution in [2.24, 2.45) is 11.8 Å². The van der Waals surface area contributed by atoms with Crippen molar-refractivity contribution in [2.45, 2.75) is 19.8 Å². The van der Waals surface area contributed by atoms with Gasteiger partial charge in [0.1, 0.15) is 5.82 Å². The highest BCUT2D eigenvalue weighted by Gasteiger charge is 2.35. The van der Waals surface area contributed by atoms with E-state index in [-0.39, 0.29) is 10.4 Å².